The SMILES string of the molecule is Cc1ncsc1CN1CC[C@H]2C[C@H](C(=O)NCC3CC3)O[C@H]2C1. The van der Waals surface area contributed by atoms with E-state index in [1.54, 1.807) is 11.3 Å². The lowest BCUT2D eigenvalue weighted by molar-refractivity contribution is -0.132. The molecule has 0 bridgehead atoms. The Kier molecular flexibility index (Phi) is 4.39. The van der Waals surface area contributed by atoms with Gasteiger partial charge in [-0.05, 0) is 51.0 Å². The Balaban J connectivity index is 1.29. The summed E-state index contributed by atoms with van der Waals surface area (Å²) in [6, 6.07) is 0. The van der Waals surface area contributed by atoms with Gasteiger partial charge in [0.25, 0.3) is 0 Å². The van der Waals surface area contributed by atoms with Gasteiger partial charge in [0.2, 0.25) is 5.91 Å². The van der Waals surface area contributed by atoms with Crippen LogP contribution in [-0.2, 0) is 16.1 Å². The molecule has 3 aliphatic rings. The van der Waals surface area contributed by atoms with E-state index < -0.39 is 0 Å². The molecule has 1 amide bonds. The highest BCUT2D eigenvalue weighted by atomic mass is 32.1. The van der Waals surface area contributed by atoms with E-state index >= 15 is 0 Å². The zero-order chi connectivity index (χ0) is 15.8. The van der Waals surface area contributed by atoms with Crippen LogP contribution in [0.25, 0.3) is 0 Å². The van der Waals surface area contributed by atoms with Gasteiger partial charge in [0, 0.05) is 24.5 Å². The van der Waals surface area contributed by atoms with Gasteiger partial charge in [-0.15, -0.1) is 11.3 Å². The number of amides is 1. The number of aryl methyl sites for hydroxylation is 1. The maximum Gasteiger partial charge on any atom is 0.249 e. The van der Waals surface area contributed by atoms with Crippen molar-refractivity contribution in [2.45, 2.75) is 51.4 Å². The van der Waals surface area contributed by atoms with Crippen LogP contribution >= 0.6 is 11.3 Å². The summed E-state index contributed by atoms with van der Waals surface area (Å²) in [4.78, 5) is 20.4. The summed E-state index contributed by atoms with van der Waals surface area (Å²) in [5.41, 5.74) is 3.06. The number of hydrogen-bond acceptors (Lipinski definition) is 5. The first-order valence-corrected chi connectivity index (χ1v) is 9.61. The quantitative estimate of drug-likeness (QED) is 0.894. The molecule has 0 unspecified atom stereocenters. The fraction of sp³-hybridized carbons (Fsp3) is 0.765. The van der Waals surface area contributed by atoms with E-state index in [0.717, 1.165) is 50.6 Å². The number of rotatable bonds is 5. The van der Waals surface area contributed by atoms with Gasteiger partial charge >= 0.3 is 0 Å². The minimum atomic E-state index is -0.228. The Morgan fingerprint density at radius 1 is 1.48 bits per heavy atom. The van der Waals surface area contributed by atoms with Crippen molar-refractivity contribution >= 4 is 17.2 Å². The third kappa shape index (κ3) is 3.59. The first-order valence-electron chi connectivity index (χ1n) is 8.73. The Hall–Kier alpha value is -0.980. The molecule has 23 heavy (non-hydrogen) atoms. The molecule has 4 rings (SSSR count). The van der Waals surface area contributed by atoms with Gasteiger partial charge in [-0.25, -0.2) is 4.98 Å². The van der Waals surface area contributed by atoms with Crippen LogP contribution in [0.3, 0.4) is 0 Å². The van der Waals surface area contributed by atoms with Crippen molar-refractivity contribution < 1.29 is 9.53 Å². The van der Waals surface area contributed by atoms with Gasteiger partial charge in [0.05, 0.1) is 17.3 Å². The summed E-state index contributed by atoms with van der Waals surface area (Å²) in [6.07, 6.45) is 4.55. The molecule has 2 saturated heterocycles. The van der Waals surface area contributed by atoms with E-state index in [1.165, 1.54) is 17.7 Å². The molecule has 1 N–H and O–H groups in total. The van der Waals surface area contributed by atoms with Crippen molar-refractivity contribution in [3.8, 4) is 0 Å². The lowest BCUT2D eigenvalue weighted by Gasteiger charge is -2.33. The number of carbonyl (C=O) groups excluding carboxylic acids is 1. The molecule has 0 aromatic carbocycles. The van der Waals surface area contributed by atoms with Crippen LogP contribution in [0.1, 0.15) is 36.3 Å². The highest BCUT2D eigenvalue weighted by molar-refractivity contribution is 7.09. The van der Waals surface area contributed by atoms with Crippen molar-refractivity contribution in [3.63, 3.8) is 0 Å². The number of carbonyl (C=O) groups is 1. The fourth-order valence-corrected chi connectivity index (χ4v) is 4.49. The van der Waals surface area contributed by atoms with Crippen molar-refractivity contribution in [1.82, 2.24) is 15.2 Å². The lowest BCUT2D eigenvalue weighted by atomic mass is 9.91. The molecule has 6 heteroatoms. The number of nitrogens with one attached hydrogen (secondary N) is 1. The van der Waals surface area contributed by atoms with Crippen molar-refractivity contribution in [1.29, 1.82) is 0 Å². The highest BCUT2D eigenvalue weighted by Crippen LogP contribution is 2.34. The van der Waals surface area contributed by atoms with Crippen LogP contribution in [0.15, 0.2) is 5.51 Å². The normalized spacial score (nSPS) is 31.1. The number of hydrogen-bond donors (Lipinski definition) is 1. The van der Waals surface area contributed by atoms with Crippen LogP contribution in [0.5, 0.6) is 0 Å². The third-order valence-corrected chi connectivity index (χ3v) is 6.32. The Morgan fingerprint density at radius 3 is 3.09 bits per heavy atom. The van der Waals surface area contributed by atoms with Crippen molar-refractivity contribution in [2.75, 3.05) is 19.6 Å². The summed E-state index contributed by atoms with van der Waals surface area (Å²) in [5, 5.41) is 3.07. The maximum atomic E-state index is 12.2. The number of aromatic nitrogens is 1. The van der Waals surface area contributed by atoms with Gasteiger partial charge in [-0.3, -0.25) is 9.69 Å². The van der Waals surface area contributed by atoms with E-state index in [0.29, 0.717) is 5.92 Å². The largest absolute Gasteiger partial charge is 0.364 e. The zero-order valence-electron chi connectivity index (χ0n) is 13.7. The van der Waals surface area contributed by atoms with Crippen LogP contribution < -0.4 is 5.32 Å². The standard InChI is InChI=1S/C17H25N3O2S/c1-11-16(23-10-19-11)9-20-5-4-13-6-14(22-15(13)8-20)17(21)18-7-12-2-3-12/h10,12-15H,2-9H2,1H3,(H,18,21)/t13-,14+,15-/m0/s1. The number of ether oxygens (including phenoxy) is 1. The average molecular weight is 335 g/mol. The molecule has 0 spiro atoms. The number of piperidine rings is 1. The summed E-state index contributed by atoms with van der Waals surface area (Å²) in [5.74, 6) is 1.38. The second-order valence-corrected chi connectivity index (χ2v) is 8.17. The monoisotopic (exact) mass is 335 g/mol. The predicted octanol–water partition coefficient (Wildman–Crippen LogP) is 1.96. The molecular formula is C17H25N3O2S. The minimum absolute atomic E-state index is 0.108. The zero-order valence-corrected chi connectivity index (χ0v) is 14.5. The molecule has 5 nitrogen and oxygen atoms in total. The first-order chi connectivity index (χ1) is 11.2. The van der Waals surface area contributed by atoms with Crippen LogP contribution in [0, 0.1) is 18.8 Å². The highest BCUT2D eigenvalue weighted by Gasteiger charge is 2.42. The van der Waals surface area contributed by atoms with E-state index in [-0.39, 0.29) is 18.1 Å². The molecule has 0 radical (unpaired) electrons. The van der Waals surface area contributed by atoms with Crippen LogP contribution in [-0.4, -0.2) is 47.6 Å². The minimum Gasteiger partial charge on any atom is -0.364 e. The molecule has 126 valence electrons. The summed E-state index contributed by atoms with van der Waals surface area (Å²) < 4.78 is 6.09. The predicted molar refractivity (Wildman–Crippen MR) is 89.2 cm³/mol. The molecule has 1 aromatic heterocycles. The Bertz CT molecular complexity index is 572. The molecule has 2 aliphatic heterocycles. The van der Waals surface area contributed by atoms with Crippen molar-refractivity contribution in [3.05, 3.63) is 16.1 Å². The smallest absolute Gasteiger partial charge is 0.249 e. The second-order valence-electron chi connectivity index (χ2n) is 7.23. The Labute approximate surface area is 141 Å². The summed E-state index contributed by atoms with van der Waals surface area (Å²) >= 11 is 1.73. The van der Waals surface area contributed by atoms with Gasteiger partial charge < -0.3 is 10.1 Å². The van der Waals surface area contributed by atoms with Crippen molar-refractivity contribution in [2.24, 2.45) is 11.8 Å². The summed E-state index contributed by atoms with van der Waals surface area (Å²) in [7, 11) is 0. The van der Waals surface area contributed by atoms with Crippen LogP contribution in [0.4, 0.5) is 0 Å². The van der Waals surface area contributed by atoms with E-state index in [9.17, 15) is 4.79 Å². The van der Waals surface area contributed by atoms with Gasteiger partial charge in [0.1, 0.15) is 6.10 Å². The number of likely N-dealkylation sites (tertiary alicyclic amines) is 1. The Morgan fingerprint density at radius 2 is 2.35 bits per heavy atom. The van der Waals surface area contributed by atoms with Gasteiger partial charge in [-0.2, -0.15) is 0 Å². The second kappa shape index (κ2) is 6.49. The molecule has 3 fully saturated rings. The molecule has 3 heterocycles. The average Bonchev–Trinajstić information content (AvgIpc) is 3.15. The number of fused-ring (bicyclic) bond motifs is 1. The van der Waals surface area contributed by atoms with E-state index in [2.05, 4.69) is 22.1 Å². The molecule has 3 atom stereocenters. The van der Waals surface area contributed by atoms with E-state index in [1.807, 2.05) is 5.51 Å². The molecule has 1 aromatic rings. The number of nitrogens with zero attached hydrogens (tertiary/aromatic N) is 2. The molecule has 1 saturated carbocycles. The summed E-state index contributed by atoms with van der Waals surface area (Å²) in [6.45, 7) is 5.91. The third-order valence-electron chi connectivity index (χ3n) is 5.40. The fourth-order valence-electron chi connectivity index (χ4n) is 3.67. The maximum absolute atomic E-state index is 12.2. The van der Waals surface area contributed by atoms with Gasteiger partial charge in [0.15, 0.2) is 0 Å². The molecular weight excluding hydrogens is 310 g/mol. The molecule has 1 aliphatic carbocycles. The number of thiazole rings is 1. The van der Waals surface area contributed by atoms with Crippen LogP contribution in [0.2, 0.25) is 0 Å². The van der Waals surface area contributed by atoms with Gasteiger partial charge in [-0.1, -0.05) is 0 Å². The lowest BCUT2D eigenvalue weighted by Crippen LogP contribution is -2.42. The first kappa shape index (κ1) is 15.5. The van der Waals surface area contributed by atoms with E-state index in [4.69, 9.17) is 4.74 Å². The topological polar surface area (TPSA) is 54.5 Å².